The van der Waals surface area contributed by atoms with Crippen LogP contribution in [-0.2, 0) is 6.61 Å². The fourth-order valence-electron chi connectivity index (χ4n) is 1.89. The van der Waals surface area contributed by atoms with E-state index in [2.05, 4.69) is 0 Å². The van der Waals surface area contributed by atoms with E-state index in [1.54, 1.807) is 25.3 Å². The Labute approximate surface area is 106 Å². The number of hydrogen-bond acceptors (Lipinski definition) is 2. The van der Waals surface area contributed by atoms with Crippen LogP contribution in [0.1, 0.15) is 11.1 Å². The maximum atomic E-state index is 13.8. The van der Waals surface area contributed by atoms with Crippen LogP contribution in [0, 0.1) is 12.7 Å². The summed E-state index contributed by atoms with van der Waals surface area (Å²) in [7, 11) is 1.55. The standard InChI is InChI=1S/C15H15FO2/c1-10-7-11(3-4-12(10)9-17)14-8-13(18-2)5-6-15(14)16/h3-8,17H,9H2,1-2H3. The maximum absolute atomic E-state index is 13.8. The lowest BCUT2D eigenvalue weighted by atomic mass is 9.99. The summed E-state index contributed by atoms with van der Waals surface area (Å²) in [6.45, 7) is 1.89. The Balaban J connectivity index is 2.51. The first kappa shape index (κ1) is 12.6. The van der Waals surface area contributed by atoms with Crippen molar-refractivity contribution in [1.82, 2.24) is 0 Å². The molecule has 94 valence electrons. The molecule has 0 aliphatic heterocycles. The molecule has 0 amide bonds. The fraction of sp³-hybridized carbons (Fsp3) is 0.200. The predicted octanol–water partition coefficient (Wildman–Crippen LogP) is 3.30. The lowest BCUT2D eigenvalue weighted by Crippen LogP contribution is -1.92. The fourth-order valence-corrected chi connectivity index (χ4v) is 1.89. The minimum Gasteiger partial charge on any atom is -0.497 e. The van der Waals surface area contributed by atoms with Gasteiger partial charge in [0.05, 0.1) is 13.7 Å². The minimum atomic E-state index is -0.285. The Kier molecular flexibility index (Phi) is 3.63. The van der Waals surface area contributed by atoms with E-state index >= 15 is 0 Å². The quantitative estimate of drug-likeness (QED) is 0.900. The molecule has 0 unspecified atom stereocenters. The SMILES string of the molecule is COc1ccc(F)c(-c2ccc(CO)c(C)c2)c1. The third kappa shape index (κ3) is 2.36. The second-order valence-corrected chi connectivity index (χ2v) is 4.15. The second-order valence-electron chi connectivity index (χ2n) is 4.15. The van der Waals surface area contributed by atoms with E-state index < -0.39 is 0 Å². The van der Waals surface area contributed by atoms with E-state index in [0.717, 1.165) is 16.7 Å². The molecule has 0 saturated carbocycles. The second kappa shape index (κ2) is 5.19. The number of aliphatic hydroxyl groups excluding tert-OH is 1. The van der Waals surface area contributed by atoms with Crippen LogP contribution in [-0.4, -0.2) is 12.2 Å². The molecule has 0 aromatic heterocycles. The average Bonchev–Trinajstić information content (AvgIpc) is 2.39. The summed E-state index contributed by atoms with van der Waals surface area (Å²) in [6, 6.07) is 10.1. The van der Waals surface area contributed by atoms with Crippen molar-refractivity contribution < 1.29 is 14.2 Å². The van der Waals surface area contributed by atoms with Crippen molar-refractivity contribution in [3.8, 4) is 16.9 Å². The molecule has 18 heavy (non-hydrogen) atoms. The molecule has 0 aliphatic carbocycles. The number of methoxy groups -OCH3 is 1. The van der Waals surface area contributed by atoms with Gasteiger partial charge in [-0.1, -0.05) is 18.2 Å². The molecule has 0 saturated heterocycles. The number of aryl methyl sites for hydroxylation is 1. The average molecular weight is 246 g/mol. The monoisotopic (exact) mass is 246 g/mol. The molecule has 0 radical (unpaired) electrons. The van der Waals surface area contributed by atoms with Crippen molar-refractivity contribution >= 4 is 0 Å². The molecule has 0 spiro atoms. The van der Waals surface area contributed by atoms with Gasteiger partial charge in [-0.3, -0.25) is 0 Å². The van der Waals surface area contributed by atoms with Crippen LogP contribution in [0.4, 0.5) is 4.39 Å². The van der Waals surface area contributed by atoms with Gasteiger partial charge in [0.25, 0.3) is 0 Å². The van der Waals surface area contributed by atoms with Gasteiger partial charge in [-0.05, 0) is 41.8 Å². The van der Waals surface area contributed by atoms with Crippen LogP contribution in [0.3, 0.4) is 0 Å². The van der Waals surface area contributed by atoms with Crippen LogP contribution in [0.5, 0.6) is 5.75 Å². The Morgan fingerprint density at radius 1 is 1.17 bits per heavy atom. The molecule has 2 aromatic rings. The zero-order valence-electron chi connectivity index (χ0n) is 10.4. The molecular formula is C15H15FO2. The third-order valence-corrected chi connectivity index (χ3v) is 3.00. The van der Waals surface area contributed by atoms with E-state index in [-0.39, 0.29) is 12.4 Å². The van der Waals surface area contributed by atoms with E-state index in [1.807, 2.05) is 19.1 Å². The molecule has 1 N–H and O–H groups in total. The van der Waals surface area contributed by atoms with Crippen molar-refractivity contribution in [3.05, 3.63) is 53.3 Å². The lowest BCUT2D eigenvalue weighted by Gasteiger charge is -2.09. The number of halogens is 1. The highest BCUT2D eigenvalue weighted by Crippen LogP contribution is 2.28. The van der Waals surface area contributed by atoms with Crippen molar-refractivity contribution in [2.75, 3.05) is 7.11 Å². The smallest absolute Gasteiger partial charge is 0.131 e. The number of aliphatic hydroxyl groups is 1. The Bertz CT molecular complexity index is 564. The molecule has 2 aromatic carbocycles. The Morgan fingerprint density at radius 3 is 2.56 bits per heavy atom. The maximum Gasteiger partial charge on any atom is 0.131 e. The highest BCUT2D eigenvalue weighted by molar-refractivity contribution is 5.67. The van der Waals surface area contributed by atoms with Crippen molar-refractivity contribution in [2.24, 2.45) is 0 Å². The van der Waals surface area contributed by atoms with E-state index in [9.17, 15) is 4.39 Å². The molecule has 0 aliphatic rings. The van der Waals surface area contributed by atoms with Gasteiger partial charge in [-0.25, -0.2) is 4.39 Å². The summed E-state index contributed by atoms with van der Waals surface area (Å²) in [5.74, 6) is 0.335. The van der Waals surface area contributed by atoms with Crippen LogP contribution in [0.25, 0.3) is 11.1 Å². The minimum absolute atomic E-state index is 0.00724. The van der Waals surface area contributed by atoms with Crippen LogP contribution >= 0.6 is 0 Å². The van der Waals surface area contributed by atoms with Gasteiger partial charge in [0, 0.05) is 5.56 Å². The van der Waals surface area contributed by atoms with E-state index in [1.165, 1.54) is 6.07 Å². The molecule has 2 rings (SSSR count). The van der Waals surface area contributed by atoms with Gasteiger partial charge in [0.1, 0.15) is 11.6 Å². The molecule has 2 nitrogen and oxygen atoms in total. The van der Waals surface area contributed by atoms with Crippen molar-refractivity contribution in [3.63, 3.8) is 0 Å². The van der Waals surface area contributed by atoms with E-state index in [0.29, 0.717) is 11.3 Å². The van der Waals surface area contributed by atoms with E-state index in [4.69, 9.17) is 9.84 Å². The first-order valence-corrected chi connectivity index (χ1v) is 5.70. The summed E-state index contributed by atoms with van der Waals surface area (Å²) in [5.41, 5.74) is 3.07. The molecular weight excluding hydrogens is 231 g/mol. The molecule has 0 bridgehead atoms. The predicted molar refractivity (Wildman–Crippen MR) is 69.0 cm³/mol. The molecule has 0 heterocycles. The molecule has 0 atom stereocenters. The van der Waals surface area contributed by atoms with Gasteiger partial charge in [0.15, 0.2) is 0 Å². The number of hydrogen-bond donors (Lipinski definition) is 1. The van der Waals surface area contributed by atoms with Gasteiger partial charge in [0.2, 0.25) is 0 Å². The van der Waals surface area contributed by atoms with Gasteiger partial charge < -0.3 is 9.84 Å². The van der Waals surface area contributed by atoms with Crippen LogP contribution in [0.2, 0.25) is 0 Å². The van der Waals surface area contributed by atoms with Crippen LogP contribution < -0.4 is 4.74 Å². The van der Waals surface area contributed by atoms with Gasteiger partial charge in [-0.15, -0.1) is 0 Å². The zero-order valence-corrected chi connectivity index (χ0v) is 10.4. The highest BCUT2D eigenvalue weighted by Gasteiger charge is 2.08. The number of rotatable bonds is 3. The zero-order chi connectivity index (χ0) is 13.1. The number of benzene rings is 2. The van der Waals surface area contributed by atoms with Crippen molar-refractivity contribution in [1.29, 1.82) is 0 Å². The summed E-state index contributed by atoms with van der Waals surface area (Å²) in [6.07, 6.45) is 0. The number of ether oxygens (including phenoxy) is 1. The molecule has 0 fully saturated rings. The van der Waals surface area contributed by atoms with Gasteiger partial charge >= 0.3 is 0 Å². The summed E-state index contributed by atoms with van der Waals surface area (Å²) < 4.78 is 18.9. The highest BCUT2D eigenvalue weighted by atomic mass is 19.1. The summed E-state index contributed by atoms with van der Waals surface area (Å²) in [5, 5.41) is 9.12. The first-order chi connectivity index (χ1) is 8.65. The third-order valence-electron chi connectivity index (χ3n) is 3.00. The Morgan fingerprint density at radius 2 is 1.94 bits per heavy atom. The lowest BCUT2D eigenvalue weighted by molar-refractivity contribution is 0.281. The normalized spacial score (nSPS) is 10.4. The largest absolute Gasteiger partial charge is 0.497 e. The van der Waals surface area contributed by atoms with Gasteiger partial charge in [-0.2, -0.15) is 0 Å². The summed E-state index contributed by atoms with van der Waals surface area (Å²) in [4.78, 5) is 0. The summed E-state index contributed by atoms with van der Waals surface area (Å²) >= 11 is 0. The topological polar surface area (TPSA) is 29.5 Å². The Hall–Kier alpha value is -1.87. The van der Waals surface area contributed by atoms with Crippen molar-refractivity contribution in [2.45, 2.75) is 13.5 Å². The first-order valence-electron chi connectivity index (χ1n) is 5.70. The molecule has 3 heteroatoms. The van der Waals surface area contributed by atoms with Crippen LogP contribution in [0.15, 0.2) is 36.4 Å².